The number of carbonyl (C=O) groups excluding carboxylic acids is 3. The fourth-order valence-corrected chi connectivity index (χ4v) is 4.04. The van der Waals surface area contributed by atoms with E-state index in [0.29, 0.717) is 5.69 Å². The van der Waals surface area contributed by atoms with Gasteiger partial charge in [-0.05, 0) is 60.5 Å². The van der Waals surface area contributed by atoms with Crippen molar-refractivity contribution in [3.63, 3.8) is 0 Å². The molecule has 4 amide bonds. The van der Waals surface area contributed by atoms with Gasteiger partial charge in [-0.2, -0.15) is 0 Å². The van der Waals surface area contributed by atoms with Crippen molar-refractivity contribution in [1.29, 1.82) is 0 Å². The lowest BCUT2D eigenvalue weighted by Gasteiger charge is -2.12. The van der Waals surface area contributed by atoms with Crippen LogP contribution in [0.5, 0.6) is 0 Å². The molecule has 0 spiro atoms. The number of anilines is 1. The van der Waals surface area contributed by atoms with Crippen LogP contribution in [0.15, 0.2) is 94.4 Å². The summed E-state index contributed by atoms with van der Waals surface area (Å²) in [6.45, 7) is 1.56. The number of imide groups is 1. The van der Waals surface area contributed by atoms with Crippen LogP contribution in [0.1, 0.15) is 11.1 Å². The Morgan fingerprint density at radius 2 is 1.69 bits per heavy atom. The monoisotopic (exact) mass is 443 g/mol. The average Bonchev–Trinajstić information content (AvgIpc) is 3.03. The van der Waals surface area contributed by atoms with E-state index in [4.69, 9.17) is 0 Å². The Morgan fingerprint density at radius 3 is 2.41 bits per heavy atom. The lowest BCUT2D eigenvalue weighted by molar-refractivity contribution is -0.127. The normalized spacial score (nSPS) is 14.5. The molecule has 1 saturated heterocycles. The summed E-state index contributed by atoms with van der Waals surface area (Å²) in [5.41, 5.74) is 2.53. The maximum atomic E-state index is 12.7. The number of rotatable bonds is 6. The van der Waals surface area contributed by atoms with Crippen LogP contribution < -0.4 is 10.6 Å². The van der Waals surface area contributed by atoms with Gasteiger partial charge in [-0.25, -0.2) is 9.69 Å². The first-order valence-corrected chi connectivity index (χ1v) is 10.8. The maximum absolute atomic E-state index is 12.7. The van der Waals surface area contributed by atoms with Gasteiger partial charge in [0, 0.05) is 15.5 Å². The molecule has 0 radical (unpaired) electrons. The molecule has 160 valence electrons. The standard InChI is InChI=1S/C25H21N3O3S/c1-17-6-5-7-19(14-17)26-23(29)16-28-24(30)22(27-25(28)31)15-18-10-12-21(13-11-18)32-20-8-3-2-4-9-20/h2-15H,16H2,1H3,(H,26,29)(H,27,31)/b22-15+. The fraction of sp³-hybridized carbons (Fsp3) is 0.0800. The van der Waals surface area contributed by atoms with Gasteiger partial charge < -0.3 is 10.6 Å². The minimum atomic E-state index is -0.614. The van der Waals surface area contributed by atoms with Crippen molar-refractivity contribution < 1.29 is 14.4 Å². The second-order valence-corrected chi connectivity index (χ2v) is 8.43. The van der Waals surface area contributed by atoms with E-state index in [1.165, 1.54) is 0 Å². The molecule has 1 fully saturated rings. The van der Waals surface area contributed by atoms with Crippen molar-refractivity contribution in [1.82, 2.24) is 10.2 Å². The highest BCUT2D eigenvalue weighted by Gasteiger charge is 2.34. The maximum Gasteiger partial charge on any atom is 0.329 e. The van der Waals surface area contributed by atoms with E-state index in [0.717, 1.165) is 25.8 Å². The Labute approximate surface area is 190 Å². The number of urea groups is 1. The summed E-state index contributed by atoms with van der Waals surface area (Å²) >= 11 is 1.64. The molecule has 6 nitrogen and oxygen atoms in total. The molecule has 0 bridgehead atoms. The third-order valence-corrected chi connectivity index (χ3v) is 5.75. The van der Waals surface area contributed by atoms with Crippen molar-refractivity contribution in [3.8, 4) is 0 Å². The number of benzene rings is 3. The second-order valence-electron chi connectivity index (χ2n) is 7.28. The first-order chi connectivity index (χ1) is 15.5. The zero-order valence-corrected chi connectivity index (χ0v) is 18.2. The largest absolute Gasteiger partial charge is 0.329 e. The molecule has 32 heavy (non-hydrogen) atoms. The highest BCUT2D eigenvalue weighted by molar-refractivity contribution is 7.99. The van der Waals surface area contributed by atoms with Gasteiger partial charge >= 0.3 is 6.03 Å². The zero-order chi connectivity index (χ0) is 22.5. The van der Waals surface area contributed by atoms with E-state index >= 15 is 0 Å². The molecule has 0 atom stereocenters. The van der Waals surface area contributed by atoms with E-state index in [1.807, 2.05) is 79.7 Å². The highest BCUT2D eigenvalue weighted by atomic mass is 32.2. The fourth-order valence-electron chi connectivity index (χ4n) is 3.21. The van der Waals surface area contributed by atoms with E-state index in [2.05, 4.69) is 10.6 Å². The molecule has 0 aliphatic carbocycles. The Kier molecular flexibility index (Phi) is 6.37. The van der Waals surface area contributed by atoms with E-state index in [9.17, 15) is 14.4 Å². The predicted octanol–water partition coefficient (Wildman–Crippen LogP) is 4.68. The molecule has 2 N–H and O–H groups in total. The van der Waals surface area contributed by atoms with Crippen molar-refractivity contribution in [2.75, 3.05) is 11.9 Å². The third-order valence-electron chi connectivity index (χ3n) is 4.74. The van der Waals surface area contributed by atoms with Crippen molar-refractivity contribution in [2.24, 2.45) is 0 Å². The van der Waals surface area contributed by atoms with Crippen LogP contribution in [0.2, 0.25) is 0 Å². The molecule has 3 aromatic rings. The first kappa shape index (κ1) is 21.4. The van der Waals surface area contributed by atoms with Gasteiger partial charge in [0.2, 0.25) is 5.91 Å². The predicted molar refractivity (Wildman–Crippen MR) is 125 cm³/mol. The molecule has 1 aliphatic heterocycles. The van der Waals surface area contributed by atoms with Gasteiger partial charge in [0.15, 0.2) is 0 Å². The van der Waals surface area contributed by atoms with Crippen molar-refractivity contribution in [2.45, 2.75) is 16.7 Å². The van der Waals surface area contributed by atoms with Crippen LogP contribution in [-0.2, 0) is 9.59 Å². The molecule has 7 heteroatoms. The first-order valence-electron chi connectivity index (χ1n) is 10.0. The van der Waals surface area contributed by atoms with Gasteiger partial charge in [0.05, 0.1) is 0 Å². The van der Waals surface area contributed by atoms with Crippen LogP contribution in [0.25, 0.3) is 6.08 Å². The van der Waals surface area contributed by atoms with Gasteiger partial charge in [0.25, 0.3) is 5.91 Å². The zero-order valence-electron chi connectivity index (χ0n) is 17.4. The number of nitrogens with one attached hydrogen (secondary N) is 2. The minimum Gasteiger partial charge on any atom is -0.325 e. The Balaban J connectivity index is 1.40. The molecule has 0 unspecified atom stereocenters. The highest BCUT2D eigenvalue weighted by Crippen LogP contribution is 2.27. The van der Waals surface area contributed by atoms with Gasteiger partial charge in [-0.15, -0.1) is 0 Å². The summed E-state index contributed by atoms with van der Waals surface area (Å²) in [7, 11) is 0. The Hall–Kier alpha value is -3.84. The molecule has 4 rings (SSSR count). The number of carbonyl (C=O) groups is 3. The van der Waals surface area contributed by atoms with Crippen LogP contribution in [0.3, 0.4) is 0 Å². The van der Waals surface area contributed by atoms with Gasteiger partial charge in [-0.1, -0.05) is 54.2 Å². The lowest BCUT2D eigenvalue weighted by atomic mass is 10.2. The van der Waals surface area contributed by atoms with Gasteiger partial charge in [0.1, 0.15) is 12.2 Å². The van der Waals surface area contributed by atoms with Crippen LogP contribution in [0, 0.1) is 6.92 Å². The summed E-state index contributed by atoms with van der Waals surface area (Å²) in [5, 5.41) is 5.26. The number of hydrogen-bond acceptors (Lipinski definition) is 4. The SMILES string of the molecule is Cc1cccc(NC(=O)CN2C(=O)N/C(=C/c3ccc(Sc4ccccc4)cc3)C2=O)c1. The van der Waals surface area contributed by atoms with E-state index in [1.54, 1.807) is 23.9 Å². The Morgan fingerprint density at radius 1 is 0.969 bits per heavy atom. The van der Waals surface area contributed by atoms with Crippen LogP contribution in [0.4, 0.5) is 10.5 Å². The second kappa shape index (κ2) is 9.53. The molecular formula is C25H21N3O3S. The quantitative estimate of drug-likeness (QED) is 0.428. The minimum absolute atomic E-state index is 0.141. The van der Waals surface area contributed by atoms with Gasteiger partial charge in [-0.3, -0.25) is 9.59 Å². The number of amides is 4. The summed E-state index contributed by atoms with van der Waals surface area (Å²) in [5.74, 6) is -0.972. The molecule has 3 aromatic carbocycles. The summed E-state index contributed by atoms with van der Waals surface area (Å²) in [6.07, 6.45) is 1.61. The molecule has 1 heterocycles. The van der Waals surface area contributed by atoms with E-state index in [-0.39, 0.29) is 12.2 Å². The number of aryl methyl sites for hydroxylation is 1. The summed E-state index contributed by atoms with van der Waals surface area (Å²) in [6, 6.07) is 24.4. The van der Waals surface area contributed by atoms with Crippen molar-refractivity contribution >= 4 is 41.4 Å². The topological polar surface area (TPSA) is 78.5 Å². The third kappa shape index (κ3) is 5.25. The molecule has 0 aromatic heterocycles. The lowest BCUT2D eigenvalue weighted by Crippen LogP contribution is -2.38. The molecule has 0 saturated carbocycles. The van der Waals surface area contributed by atoms with Crippen LogP contribution in [-0.4, -0.2) is 29.3 Å². The molecule has 1 aliphatic rings. The van der Waals surface area contributed by atoms with Crippen LogP contribution >= 0.6 is 11.8 Å². The van der Waals surface area contributed by atoms with E-state index < -0.39 is 17.8 Å². The smallest absolute Gasteiger partial charge is 0.325 e. The average molecular weight is 444 g/mol. The summed E-state index contributed by atoms with van der Waals surface area (Å²) < 4.78 is 0. The number of nitrogens with zero attached hydrogens (tertiary/aromatic N) is 1. The Bertz CT molecular complexity index is 1190. The van der Waals surface area contributed by atoms with Crippen molar-refractivity contribution in [3.05, 3.63) is 95.7 Å². The molecular weight excluding hydrogens is 422 g/mol. The summed E-state index contributed by atoms with van der Waals surface area (Å²) in [4.78, 5) is 40.3. The number of hydrogen-bond donors (Lipinski definition) is 2.